The molecule has 7 heteroatoms. The van der Waals surface area contributed by atoms with Crippen LogP contribution < -0.4 is 0 Å². The zero-order chi connectivity index (χ0) is 20.4. The van der Waals surface area contributed by atoms with Crippen molar-refractivity contribution >= 4 is 45.9 Å². The molecule has 0 spiro atoms. The number of thioether (sulfide) groups is 1. The zero-order valence-electron chi connectivity index (χ0n) is 15.7. The first-order chi connectivity index (χ1) is 14.1. The second-order valence-electron chi connectivity index (χ2n) is 6.56. The van der Waals surface area contributed by atoms with E-state index in [1.54, 1.807) is 6.08 Å². The Morgan fingerprint density at radius 1 is 1.07 bits per heavy atom. The molecule has 0 saturated carbocycles. The molecule has 0 unspecified atom stereocenters. The fourth-order valence-corrected chi connectivity index (χ4v) is 4.10. The number of ether oxygens (including phenoxy) is 1. The Balaban J connectivity index is 1.69. The van der Waals surface area contributed by atoms with Gasteiger partial charge in [-0.1, -0.05) is 48.5 Å². The highest BCUT2D eigenvalue weighted by Gasteiger charge is 2.36. The van der Waals surface area contributed by atoms with E-state index >= 15 is 0 Å². The van der Waals surface area contributed by atoms with E-state index in [1.165, 1.54) is 12.7 Å². The van der Waals surface area contributed by atoms with Crippen LogP contribution in [0.3, 0.4) is 0 Å². The molecule has 0 radical (unpaired) electrons. The van der Waals surface area contributed by atoms with E-state index in [0.29, 0.717) is 11.4 Å². The van der Waals surface area contributed by atoms with Crippen LogP contribution in [0.2, 0.25) is 0 Å². The lowest BCUT2D eigenvalue weighted by molar-refractivity contribution is -0.143. The molecule has 0 N–H and O–H groups in total. The van der Waals surface area contributed by atoms with Crippen LogP contribution in [0.15, 0.2) is 65.7 Å². The molecule has 1 aliphatic rings. The minimum atomic E-state index is -0.631. The third kappa shape index (κ3) is 3.82. The number of amides is 2. The molecule has 2 heterocycles. The maximum absolute atomic E-state index is 12.6. The Bertz CT molecular complexity index is 1130. The Morgan fingerprint density at radius 2 is 1.79 bits per heavy atom. The number of esters is 1. The fourth-order valence-electron chi connectivity index (χ4n) is 3.27. The number of benzene rings is 2. The molecule has 29 heavy (non-hydrogen) atoms. The lowest BCUT2D eigenvalue weighted by Crippen LogP contribution is -2.34. The molecule has 146 valence electrons. The molecule has 0 atom stereocenters. The zero-order valence-corrected chi connectivity index (χ0v) is 16.5. The highest BCUT2D eigenvalue weighted by molar-refractivity contribution is 8.18. The summed E-state index contributed by atoms with van der Waals surface area (Å²) in [5.41, 5.74) is 3.05. The van der Waals surface area contributed by atoms with E-state index in [2.05, 4.69) is 21.4 Å². The van der Waals surface area contributed by atoms with E-state index in [1.807, 2.05) is 48.7 Å². The topological polar surface area (TPSA) is 68.6 Å². The summed E-state index contributed by atoms with van der Waals surface area (Å²) < 4.78 is 6.68. The monoisotopic (exact) mass is 406 g/mol. The first-order valence-electron chi connectivity index (χ1n) is 9.01. The number of hydrogen-bond acceptors (Lipinski definition) is 5. The van der Waals surface area contributed by atoms with Gasteiger partial charge in [0.25, 0.3) is 11.1 Å². The molecule has 3 aromatic rings. The highest BCUT2D eigenvalue weighted by Crippen LogP contribution is 2.34. The van der Waals surface area contributed by atoms with E-state index in [-0.39, 0.29) is 6.54 Å². The first kappa shape index (κ1) is 19.0. The average Bonchev–Trinajstić information content (AvgIpc) is 3.21. The number of rotatable bonds is 5. The van der Waals surface area contributed by atoms with Crippen molar-refractivity contribution in [3.05, 3.63) is 76.8 Å². The second kappa shape index (κ2) is 7.97. The quantitative estimate of drug-likeness (QED) is 0.475. The van der Waals surface area contributed by atoms with Crippen LogP contribution in [0.5, 0.6) is 0 Å². The van der Waals surface area contributed by atoms with Gasteiger partial charge in [0.2, 0.25) is 0 Å². The molecule has 4 rings (SSSR count). The van der Waals surface area contributed by atoms with Crippen molar-refractivity contribution in [1.29, 1.82) is 0 Å². The molecular formula is C22H18N2O4S. The van der Waals surface area contributed by atoms with Crippen molar-refractivity contribution in [2.24, 2.45) is 0 Å². The first-order valence-corrected chi connectivity index (χ1v) is 9.82. The maximum Gasteiger partial charge on any atom is 0.325 e. The number of carbonyl (C=O) groups excluding carboxylic acids is 3. The Labute approximate surface area is 171 Å². The average molecular weight is 406 g/mol. The van der Waals surface area contributed by atoms with E-state index in [0.717, 1.165) is 33.1 Å². The Hall–Kier alpha value is -3.32. The molecule has 1 saturated heterocycles. The molecule has 2 aromatic carbocycles. The predicted octanol–water partition coefficient (Wildman–Crippen LogP) is 3.90. The summed E-state index contributed by atoms with van der Waals surface area (Å²) >= 11 is 0.832. The smallest absolute Gasteiger partial charge is 0.325 e. The van der Waals surface area contributed by atoms with Crippen molar-refractivity contribution in [1.82, 2.24) is 9.47 Å². The normalized spacial score (nSPS) is 15.5. The summed E-state index contributed by atoms with van der Waals surface area (Å²) in [5, 5.41) is 0.517. The summed E-state index contributed by atoms with van der Waals surface area (Å²) in [6.07, 6.45) is 3.69. The highest BCUT2D eigenvalue weighted by atomic mass is 32.2. The summed E-state index contributed by atoms with van der Waals surface area (Å²) in [6, 6.07) is 18.0. The van der Waals surface area contributed by atoms with Gasteiger partial charge in [0.15, 0.2) is 0 Å². The standard InChI is InChI=1S/C22H18N2O4S/c1-28-20(25)14-24-21(26)19(29-22(24)27)11-16-13-23(12-15-7-3-2-4-8-15)18-10-6-5-9-17(16)18/h2-11,13H,12,14H2,1H3/b19-11-. The third-order valence-corrected chi connectivity index (χ3v) is 5.60. The van der Waals surface area contributed by atoms with Crippen molar-refractivity contribution in [2.45, 2.75) is 6.54 Å². The lowest BCUT2D eigenvalue weighted by atomic mass is 10.1. The SMILES string of the molecule is COC(=O)CN1C(=O)S/C(=C\c2cn(Cc3ccccc3)c3ccccc23)C1=O. The number of methoxy groups -OCH3 is 1. The number of imide groups is 1. The molecule has 6 nitrogen and oxygen atoms in total. The molecule has 1 aromatic heterocycles. The number of fused-ring (bicyclic) bond motifs is 1. The summed E-state index contributed by atoms with van der Waals surface area (Å²) in [4.78, 5) is 37.4. The molecular weight excluding hydrogens is 388 g/mol. The van der Waals surface area contributed by atoms with Gasteiger partial charge in [0.1, 0.15) is 6.54 Å². The van der Waals surface area contributed by atoms with Crippen LogP contribution in [0.25, 0.3) is 17.0 Å². The van der Waals surface area contributed by atoms with Gasteiger partial charge in [0, 0.05) is 29.2 Å². The number of aromatic nitrogens is 1. The van der Waals surface area contributed by atoms with Gasteiger partial charge in [-0.15, -0.1) is 0 Å². The van der Waals surface area contributed by atoms with E-state index < -0.39 is 17.1 Å². The second-order valence-corrected chi connectivity index (χ2v) is 7.55. The lowest BCUT2D eigenvalue weighted by Gasteiger charge is -2.09. The Kier molecular flexibility index (Phi) is 5.22. The van der Waals surface area contributed by atoms with Gasteiger partial charge in [-0.2, -0.15) is 0 Å². The maximum atomic E-state index is 12.6. The molecule has 0 bridgehead atoms. The van der Waals surface area contributed by atoms with Crippen LogP contribution in [0.4, 0.5) is 4.79 Å². The van der Waals surface area contributed by atoms with Crippen molar-refractivity contribution in [2.75, 3.05) is 13.7 Å². The van der Waals surface area contributed by atoms with Gasteiger partial charge >= 0.3 is 5.97 Å². The number of nitrogens with zero attached hydrogens (tertiary/aromatic N) is 2. The van der Waals surface area contributed by atoms with Crippen LogP contribution in [0.1, 0.15) is 11.1 Å². The number of para-hydroxylation sites is 1. The molecule has 1 fully saturated rings. The molecule has 1 aliphatic heterocycles. The third-order valence-electron chi connectivity index (χ3n) is 4.69. The Morgan fingerprint density at radius 3 is 2.55 bits per heavy atom. The summed E-state index contributed by atoms with van der Waals surface area (Å²) in [7, 11) is 1.22. The summed E-state index contributed by atoms with van der Waals surface area (Å²) in [5.74, 6) is -1.11. The van der Waals surface area contributed by atoms with E-state index in [4.69, 9.17) is 0 Å². The molecule has 2 amide bonds. The van der Waals surface area contributed by atoms with Crippen molar-refractivity contribution in [3.63, 3.8) is 0 Å². The predicted molar refractivity (Wildman–Crippen MR) is 112 cm³/mol. The fraction of sp³-hybridized carbons (Fsp3) is 0.136. The minimum Gasteiger partial charge on any atom is -0.468 e. The summed E-state index contributed by atoms with van der Waals surface area (Å²) in [6.45, 7) is 0.313. The van der Waals surface area contributed by atoms with Gasteiger partial charge in [-0.05, 0) is 29.5 Å². The minimum absolute atomic E-state index is 0.293. The van der Waals surface area contributed by atoms with Crippen LogP contribution in [0, 0.1) is 0 Å². The van der Waals surface area contributed by atoms with Gasteiger partial charge in [-0.25, -0.2) is 0 Å². The van der Waals surface area contributed by atoms with Crippen LogP contribution >= 0.6 is 11.8 Å². The van der Waals surface area contributed by atoms with Crippen LogP contribution in [-0.2, 0) is 20.9 Å². The number of carbonyl (C=O) groups is 3. The van der Waals surface area contributed by atoms with Gasteiger partial charge in [0.05, 0.1) is 12.0 Å². The van der Waals surface area contributed by atoms with Gasteiger partial charge in [-0.3, -0.25) is 19.3 Å². The molecule has 0 aliphatic carbocycles. The van der Waals surface area contributed by atoms with Crippen LogP contribution in [-0.4, -0.2) is 40.2 Å². The van der Waals surface area contributed by atoms with E-state index in [9.17, 15) is 14.4 Å². The largest absolute Gasteiger partial charge is 0.468 e. The van der Waals surface area contributed by atoms with Crippen molar-refractivity contribution < 1.29 is 19.1 Å². The van der Waals surface area contributed by atoms with Gasteiger partial charge < -0.3 is 9.30 Å². The number of hydrogen-bond donors (Lipinski definition) is 0. The van der Waals surface area contributed by atoms with Crippen molar-refractivity contribution in [3.8, 4) is 0 Å².